The van der Waals surface area contributed by atoms with E-state index in [1.165, 1.54) is 4.90 Å². The number of ether oxygens (including phenoxy) is 1. The molecule has 0 amide bonds. The van der Waals surface area contributed by atoms with Crippen molar-refractivity contribution in [3.05, 3.63) is 0 Å². The van der Waals surface area contributed by atoms with Gasteiger partial charge in [-0.25, -0.2) is 9.89 Å². The summed E-state index contributed by atoms with van der Waals surface area (Å²) in [7, 11) is 0. The molecule has 0 spiro atoms. The molecule has 1 atom stereocenters. The molecule has 6 N–H and O–H groups in total. The van der Waals surface area contributed by atoms with Crippen molar-refractivity contribution in [1.82, 2.24) is 15.5 Å². The summed E-state index contributed by atoms with van der Waals surface area (Å²) in [6.07, 6.45) is -0.618. The number of aliphatic imine (C=N–C) groups is 3. The highest BCUT2D eigenvalue weighted by atomic mass is 16.5. The lowest BCUT2D eigenvalue weighted by molar-refractivity contribution is 0.304. The summed E-state index contributed by atoms with van der Waals surface area (Å²) >= 11 is 0. The SMILES string of the molecule is N=C1N=C2OC(=N)NC3=NC(N)=NC(N1)N32. The molecule has 3 aliphatic heterocycles. The van der Waals surface area contributed by atoms with E-state index in [0.717, 1.165) is 0 Å². The van der Waals surface area contributed by atoms with Gasteiger partial charge in [0.05, 0.1) is 0 Å². The van der Waals surface area contributed by atoms with Gasteiger partial charge in [0, 0.05) is 0 Å². The molecule has 10 heteroatoms. The highest BCUT2D eigenvalue weighted by Crippen LogP contribution is 2.14. The topological polar surface area (TPSA) is 147 Å². The summed E-state index contributed by atoms with van der Waals surface area (Å²) in [5, 5.41) is 20.0. The molecule has 0 aromatic rings. The van der Waals surface area contributed by atoms with Crippen molar-refractivity contribution in [2.45, 2.75) is 6.29 Å². The van der Waals surface area contributed by atoms with E-state index in [9.17, 15) is 0 Å². The van der Waals surface area contributed by atoms with Gasteiger partial charge in [0.15, 0.2) is 0 Å². The third kappa shape index (κ3) is 1.09. The van der Waals surface area contributed by atoms with Crippen LogP contribution < -0.4 is 16.4 Å². The predicted molar refractivity (Wildman–Crippen MR) is 54.9 cm³/mol. The molecule has 0 bridgehead atoms. The Balaban J connectivity index is 2.11. The highest BCUT2D eigenvalue weighted by molar-refractivity contribution is 6.16. The van der Waals surface area contributed by atoms with Gasteiger partial charge in [-0.2, -0.15) is 9.98 Å². The first kappa shape index (κ1) is 8.64. The summed E-state index contributed by atoms with van der Waals surface area (Å²) in [5.74, 6) is 0.247. The molecule has 3 aliphatic rings. The first-order valence-electron chi connectivity index (χ1n) is 4.32. The maximum absolute atomic E-state index is 7.42. The molecule has 82 valence electrons. The van der Waals surface area contributed by atoms with Crippen LogP contribution in [0.4, 0.5) is 0 Å². The van der Waals surface area contributed by atoms with Crippen LogP contribution in [0.15, 0.2) is 15.0 Å². The molecule has 1 fully saturated rings. The number of nitrogens with one attached hydrogen (secondary N) is 4. The number of rotatable bonds is 0. The van der Waals surface area contributed by atoms with Gasteiger partial charge in [-0.05, 0) is 0 Å². The minimum absolute atomic E-state index is 0.0556. The van der Waals surface area contributed by atoms with Crippen LogP contribution >= 0.6 is 0 Å². The van der Waals surface area contributed by atoms with E-state index in [1.807, 2.05) is 0 Å². The molecule has 1 saturated heterocycles. The van der Waals surface area contributed by atoms with Crippen LogP contribution in [0.5, 0.6) is 0 Å². The maximum atomic E-state index is 7.42. The van der Waals surface area contributed by atoms with Gasteiger partial charge in [-0.3, -0.25) is 16.1 Å². The second kappa shape index (κ2) is 2.68. The van der Waals surface area contributed by atoms with Crippen LogP contribution in [0.1, 0.15) is 0 Å². The molecular weight excluding hydrogens is 214 g/mol. The quantitative estimate of drug-likeness (QED) is 0.312. The fraction of sp³-hybridized carbons (Fsp3) is 0.167. The molecule has 0 saturated carbocycles. The molecule has 0 radical (unpaired) electrons. The van der Waals surface area contributed by atoms with Crippen molar-refractivity contribution < 1.29 is 4.74 Å². The number of guanidine groups is 3. The molecule has 16 heavy (non-hydrogen) atoms. The summed E-state index contributed by atoms with van der Waals surface area (Å²) < 4.78 is 5.01. The van der Waals surface area contributed by atoms with Gasteiger partial charge in [0.25, 0.3) is 6.02 Å². The van der Waals surface area contributed by atoms with Crippen molar-refractivity contribution in [3.8, 4) is 0 Å². The first-order chi connectivity index (χ1) is 7.63. The lowest BCUT2D eigenvalue weighted by Gasteiger charge is -2.39. The average Bonchev–Trinajstić information content (AvgIpc) is 2.14. The van der Waals surface area contributed by atoms with E-state index in [4.69, 9.17) is 21.3 Å². The smallest absolute Gasteiger partial charge is 0.313 e. The van der Waals surface area contributed by atoms with Crippen molar-refractivity contribution in [2.75, 3.05) is 0 Å². The Bertz CT molecular complexity index is 488. The normalized spacial score (nSPS) is 26.6. The van der Waals surface area contributed by atoms with Gasteiger partial charge >= 0.3 is 6.02 Å². The second-order valence-electron chi connectivity index (χ2n) is 3.11. The zero-order valence-corrected chi connectivity index (χ0v) is 7.85. The Morgan fingerprint density at radius 1 is 1.38 bits per heavy atom. The number of amidine groups is 2. The van der Waals surface area contributed by atoms with E-state index < -0.39 is 6.29 Å². The molecule has 3 heterocycles. The lowest BCUT2D eigenvalue weighted by atomic mass is 10.5. The second-order valence-corrected chi connectivity index (χ2v) is 3.11. The summed E-state index contributed by atoms with van der Waals surface area (Å²) in [6, 6.07) is -0.149. The molecular formula is C6H7N9O. The van der Waals surface area contributed by atoms with Crippen molar-refractivity contribution >= 4 is 29.9 Å². The predicted octanol–water partition coefficient (Wildman–Crippen LogP) is -2.30. The van der Waals surface area contributed by atoms with Gasteiger partial charge < -0.3 is 15.8 Å². The van der Waals surface area contributed by atoms with E-state index in [2.05, 4.69) is 25.6 Å². The van der Waals surface area contributed by atoms with Crippen LogP contribution in [0.25, 0.3) is 0 Å². The van der Waals surface area contributed by atoms with Gasteiger partial charge in [0.2, 0.25) is 24.2 Å². The van der Waals surface area contributed by atoms with Crippen LogP contribution in [0.3, 0.4) is 0 Å². The van der Waals surface area contributed by atoms with Gasteiger partial charge in [-0.15, -0.1) is 0 Å². The van der Waals surface area contributed by atoms with Crippen LogP contribution in [-0.4, -0.2) is 41.1 Å². The number of nitrogens with two attached hydrogens (primary N) is 1. The third-order valence-electron chi connectivity index (χ3n) is 2.05. The Kier molecular flexibility index (Phi) is 1.45. The zero-order chi connectivity index (χ0) is 11.3. The van der Waals surface area contributed by atoms with E-state index in [0.29, 0.717) is 5.96 Å². The van der Waals surface area contributed by atoms with Crippen LogP contribution in [0.2, 0.25) is 0 Å². The van der Waals surface area contributed by atoms with Crippen LogP contribution in [0, 0.1) is 10.8 Å². The number of hydrogen-bond donors (Lipinski definition) is 5. The Hall–Kier alpha value is -2.65. The molecule has 0 aromatic heterocycles. The average molecular weight is 221 g/mol. The van der Waals surface area contributed by atoms with Crippen molar-refractivity contribution in [3.63, 3.8) is 0 Å². The first-order valence-corrected chi connectivity index (χ1v) is 4.32. The summed E-state index contributed by atoms with van der Waals surface area (Å²) in [4.78, 5) is 13.1. The summed E-state index contributed by atoms with van der Waals surface area (Å²) in [6.45, 7) is 0. The molecule has 1 unspecified atom stereocenters. The molecule has 0 aliphatic carbocycles. The standard InChI is InChI=1S/C6H7N9O/c7-1-10-4-12-2(8)13-6-15(4)5(11-1)14-3(9)16-6/h4H,(H2,8,12)(H4,7,9,10,11,14). The van der Waals surface area contributed by atoms with Gasteiger partial charge in [0.1, 0.15) is 0 Å². The number of hydrogen-bond acceptors (Lipinski definition) is 7. The monoisotopic (exact) mass is 221 g/mol. The minimum atomic E-state index is -0.618. The van der Waals surface area contributed by atoms with E-state index >= 15 is 0 Å². The summed E-state index contributed by atoms with van der Waals surface area (Å²) in [5.41, 5.74) is 5.50. The van der Waals surface area contributed by atoms with E-state index in [1.54, 1.807) is 0 Å². The van der Waals surface area contributed by atoms with Gasteiger partial charge in [-0.1, -0.05) is 0 Å². The highest BCUT2D eigenvalue weighted by Gasteiger charge is 2.39. The van der Waals surface area contributed by atoms with Crippen molar-refractivity contribution in [2.24, 2.45) is 20.7 Å². The fourth-order valence-corrected chi connectivity index (χ4v) is 1.46. The molecule has 0 aromatic carbocycles. The van der Waals surface area contributed by atoms with E-state index in [-0.39, 0.29) is 24.0 Å². The third-order valence-corrected chi connectivity index (χ3v) is 2.05. The zero-order valence-electron chi connectivity index (χ0n) is 7.85. The lowest BCUT2D eigenvalue weighted by Crippen LogP contribution is -2.66. The maximum Gasteiger partial charge on any atom is 0.313 e. The Morgan fingerprint density at radius 3 is 3.00 bits per heavy atom. The Morgan fingerprint density at radius 2 is 2.19 bits per heavy atom. The molecule has 10 nitrogen and oxygen atoms in total. The number of nitrogens with zero attached hydrogens (tertiary/aromatic N) is 4. The fourth-order valence-electron chi connectivity index (χ4n) is 1.46. The largest absolute Gasteiger partial charge is 0.391 e. The van der Waals surface area contributed by atoms with Crippen LogP contribution in [-0.2, 0) is 4.74 Å². The minimum Gasteiger partial charge on any atom is -0.391 e. The van der Waals surface area contributed by atoms with Crippen molar-refractivity contribution in [1.29, 1.82) is 10.8 Å². The molecule has 3 rings (SSSR count). The Labute approximate surface area is 88.9 Å².